The molecule has 0 radical (unpaired) electrons. The van der Waals surface area contributed by atoms with Gasteiger partial charge >= 0.3 is 0 Å². The minimum atomic E-state index is 0.629. The Morgan fingerprint density at radius 3 is 2.89 bits per heavy atom. The molecular formula is C12H22N6. The molecule has 1 saturated heterocycles. The van der Waals surface area contributed by atoms with Crippen molar-refractivity contribution in [3.05, 3.63) is 12.4 Å². The zero-order valence-corrected chi connectivity index (χ0v) is 11.1. The molecule has 0 bridgehead atoms. The Morgan fingerprint density at radius 2 is 2.22 bits per heavy atom. The average Bonchev–Trinajstić information content (AvgIpc) is 2.90. The Labute approximate surface area is 108 Å². The van der Waals surface area contributed by atoms with Crippen molar-refractivity contribution < 1.29 is 0 Å². The van der Waals surface area contributed by atoms with Crippen LogP contribution < -0.4 is 16.2 Å². The molecule has 0 amide bonds. The van der Waals surface area contributed by atoms with Crippen molar-refractivity contribution in [2.45, 2.75) is 26.3 Å². The van der Waals surface area contributed by atoms with Gasteiger partial charge < -0.3 is 10.3 Å². The minimum Gasteiger partial charge on any atom is -0.355 e. The minimum absolute atomic E-state index is 0.629. The standard InChI is InChI=1S/C12H22N6/c1-3-17(4-2)10-5-6-18(8-10)12-7-11(16-13)14-9-15-12/h7,9-10H,3-6,8,13H2,1-2H3,(H,14,15,16). The van der Waals surface area contributed by atoms with Crippen molar-refractivity contribution in [2.75, 3.05) is 36.5 Å². The predicted octanol–water partition coefficient (Wildman–Crippen LogP) is 0.683. The monoisotopic (exact) mass is 250 g/mol. The van der Waals surface area contributed by atoms with Gasteiger partial charge in [-0.25, -0.2) is 15.8 Å². The summed E-state index contributed by atoms with van der Waals surface area (Å²) >= 11 is 0. The first-order valence-corrected chi connectivity index (χ1v) is 6.56. The Balaban J connectivity index is 2.03. The molecule has 2 rings (SSSR count). The molecular weight excluding hydrogens is 228 g/mol. The summed E-state index contributed by atoms with van der Waals surface area (Å²) in [5.74, 6) is 6.98. The summed E-state index contributed by atoms with van der Waals surface area (Å²) in [6.45, 7) is 8.72. The zero-order chi connectivity index (χ0) is 13.0. The number of nitrogens with zero attached hydrogens (tertiary/aromatic N) is 4. The van der Waals surface area contributed by atoms with Crippen LogP contribution in [0.5, 0.6) is 0 Å². The van der Waals surface area contributed by atoms with Crippen LogP contribution in [0.2, 0.25) is 0 Å². The van der Waals surface area contributed by atoms with Crippen LogP contribution in [0, 0.1) is 0 Å². The second-order valence-corrected chi connectivity index (χ2v) is 4.52. The SMILES string of the molecule is CCN(CC)C1CCN(c2cc(NN)ncn2)C1. The molecule has 1 atom stereocenters. The van der Waals surface area contributed by atoms with E-state index in [9.17, 15) is 0 Å². The van der Waals surface area contributed by atoms with Crippen LogP contribution in [-0.4, -0.2) is 47.1 Å². The van der Waals surface area contributed by atoms with Crippen LogP contribution in [0.15, 0.2) is 12.4 Å². The molecule has 3 N–H and O–H groups in total. The molecule has 1 aromatic heterocycles. The summed E-state index contributed by atoms with van der Waals surface area (Å²) in [5.41, 5.74) is 2.56. The van der Waals surface area contributed by atoms with E-state index >= 15 is 0 Å². The molecule has 6 heteroatoms. The van der Waals surface area contributed by atoms with E-state index in [1.807, 2.05) is 6.07 Å². The third-order valence-electron chi connectivity index (χ3n) is 3.62. The van der Waals surface area contributed by atoms with E-state index in [0.717, 1.165) is 32.0 Å². The van der Waals surface area contributed by atoms with Gasteiger partial charge in [-0.15, -0.1) is 0 Å². The highest BCUT2D eigenvalue weighted by Crippen LogP contribution is 2.22. The van der Waals surface area contributed by atoms with Gasteiger partial charge in [-0.1, -0.05) is 13.8 Å². The number of nitrogens with one attached hydrogen (secondary N) is 1. The Bertz CT molecular complexity index is 379. The van der Waals surface area contributed by atoms with Gasteiger partial charge in [0.2, 0.25) is 0 Å². The number of anilines is 2. The van der Waals surface area contributed by atoms with Crippen molar-refractivity contribution in [3.8, 4) is 0 Å². The first-order chi connectivity index (χ1) is 8.78. The summed E-state index contributed by atoms with van der Waals surface area (Å²) < 4.78 is 0. The molecule has 2 heterocycles. The maximum Gasteiger partial charge on any atom is 0.145 e. The number of rotatable bonds is 5. The third kappa shape index (κ3) is 2.70. The fourth-order valence-corrected chi connectivity index (χ4v) is 2.59. The maximum atomic E-state index is 5.37. The van der Waals surface area contributed by atoms with E-state index in [1.165, 1.54) is 6.42 Å². The molecule has 0 aliphatic carbocycles. The van der Waals surface area contributed by atoms with Crippen molar-refractivity contribution >= 4 is 11.6 Å². The number of hydrogen-bond acceptors (Lipinski definition) is 6. The topological polar surface area (TPSA) is 70.3 Å². The van der Waals surface area contributed by atoms with Gasteiger partial charge in [0.1, 0.15) is 18.0 Å². The quantitative estimate of drug-likeness (QED) is 0.591. The van der Waals surface area contributed by atoms with Crippen LogP contribution in [0.25, 0.3) is 0 Å². The molecule has 1 aromatic rings. The summed E-state index contributed by atoms with van der Waals surface area (Å²) in [7, 11) is 0. The zero-order valence-electron chi connectivity index (χ0n) is 11.1. The number of likely N-dealkylation sites (N-methyl/N-ethyl adjacent to an activating group) is 1. The van der Waals surface area contributed by atoms with Crippen LogP contribution in [0.3, 0.4) is 0 Å². The molecule has 6 nitrogen and oxygen atoms in total. The van der Waals surface area contributed by atoms with Crippen molar-refractivity contribution in [1.82, 2.24) is 14.9 Å². The van der Waals surface area contributed by atoms with E-state index in [0.29, 0.717) is 11.9 Å². The molecule has 0 saturated carbocycles. The van der Waals surface area contributed by atoms with Crippen LogP contribution in [0.1, 0.15) is 20.3 Å². The lowest BCUT2D eigenvalue weighted by molar-refractivity contribution is 0.232. The van der Waals surface area contributed by atoms with Crippen molar-refractivity contribution in [3.63, 3.8) is 0 Å². The van der Waals surface area contributed by atoms with Gasteiger partial charge in [0.05, 0.1) is 0 Å². The fraction of sp³-hybridized carbons (Fsp3) is 0.667. The smallest absolute Gasteiger partial charge is 0.145 e. The molecule has 1 aliphatic heterocycles. The van der Waals surface area contributed by atoms with Gasteiger partial charge in [-0.05, 0) is 19.5 Å². The first kappa shape index (κ1) is 13.0. The van der Waals surface area contributed by atoms with Gasteiger partial charge in [0.25, 0.3) is 0 Å². The van der Waals surface area contributed by atoms with Gasteiger partial charge in [0, 0.05) is 25.2 Å². The number of nitrogen functional groups attached to an aromatic ring is 1. The van der Waals surface area contributed by atoms with Crippen molar-refractivity contribution in [1.29, 1.82) is 0 Å². The van der Waals surface area contributed by atoms with E-state index in [1.54, 1.807) is 6.33 Å². The van der Waals surface area contributed by atoms with E-state index < -0.39 is 0 Å². The lowest BCUT2D eigenvalue weighted by atomic mass is 10.2. The van der Waals surface area contributed by atoms with Crippen LogP contribution in [0.4, 0.5) is 11.6 Å². The predicted molar refractivity (Wildman–Crippen MR) is 73.4 cm³/mol. The van der Waals surface area contributed by atoms with Crippen LogP contribution >= 0.6 is 0 Å². The number of hydrazine groups is 1. The summed E-state index contributed by atoms with van der Waals surface area (Å²) in [6, 6.07) is 2.52. The fourth-order valence-electron chi connectivity index (χ4n) is 2.59. The lowest BCUT2D eigenvalue weighted by Crippen LogP contribution is -2.37. The van der Waals surface area contributed by atoms with E-state index in [2.05, 4.69) is 39.0 Å². The van der Waals surface area contributed by atoms with Crippen molar-refractivity contribution in [2.24, 2.45) is 5.84 Å². The largest absolute Gasteiger partial charge is 0.355 e. The number of hydrogen-bond donors (Lipinski definition) is 2. The molecule has 0 spiro atoms. The maximum absolute atomic E-state index is 5.37. The summed E-state index contributed by atoms with van der Waals surface area (Å²) in [4.78, 5) is 13.1. The molecule has 1 aliphatic rings. The highest BCUT2D eigenvalue weighted by atomic mass is 15.3. The normalized spacial score (nSPS) is 19.6. The Kier molecular flexibility index (Phi) is 4.33. The third-order valence-corrected chi connectivity index (χ3v) is 3.62. The molecule has 0 aromatic carbocycles. The highest BCUT2D eigenvalue weighted by Gasteiger charge is 2.26. The molecule has 100 valence electrons. The molecule has 18 heavy (non-hydrogen) atoms. The molecule has 1 fully saturated rings. The van der Waals surface area contributed by atoms with E-state index in [-0.39, 0.29) is 0 Å². The van der Waals surface area contributed by atoms with Gasteiger partial charge in [-0.2, -0.15) is 0 Å². The molecule has 1 unspecified atom stereocenters. The number of aromatic nitrogens is 2. The number of nitrogens with two attached hydrogens (primary N) is 1. The first-order valence-electron chi connectivity index (χ1n) is 6.56. The van der Waals surface area contributed by atoms with E-state index in [4.69, 9.17) is 5.84 Å². The lowest BCUT2D eigenvalue weighted by Gasteiger charge is -2.26. The van der Waals surface area contributed by atoms with Gasteiger partial charge in [-0.3, -0.25) is 4.90 Å². The van der Waals surface area contributed by atoms with Gasteiger partial charge in [0.15, 0.2) is 0 Å². The summed E-state index contributed by atoms with van der Waals surface area (Å²) in [6.07, 6.45) is 2.74. The second kappa shape index (κ2) is 5.97. The Hall–Kier alpha value is -1.40. The Morgan fingerprint density at radius 1 is 1.44 bits per heavy atom. The second-order valence-electron chi connectivity index (χ2n) is 4.52. The highest BCUT2D eigenvalue weighted by molar-refractivity contribution is 5.48. The summed E-state index contributed by atoms with van der Waals surface area (Å²) in [5, 5.41) is 0. The van der Waals surface area contributed by atoms with Crippen LogP contribution in [-0.2, 0) is 0 Å². The average molecular weight is 250 g/mol.